The minimum absolute atomic E-state index is 0.0409. The molecule has 5 aliphatic carbocycles. The number of aliphatic hydroxyl groups excluding tert-OH is 10. The fourth-order valence-corrected chi connectivity index (χ4v) is 14.7. The van der Waals surface area contributed by atoms with Crippen LogP contribution in [0.3, 0.4) is 0 Å². The van der Waals surface area contributed by atoms with Crippen LogP contribution in [0, 0.1) is 50.2 Å². The lowest BCUT2D eigenvalue weighted by molar-refractivity contribution is -0.375. The van der Waals surface area contributed by atoms with E-state index in [1.54, 1.807) is 6.92 Å². The van der Waals surface area contributed by atoms with Crippen LogP contribution in [0.1, 0.15) is 106 Å². The lowest BCUT2D eigenvalue weighted by Crippen LogP contribution is -2.69. The molecule has 0 unspecified atom stereocenters. The van der Waals surface area contributed by atoms with Gasteiger partial charge in [0.2, 0.25) is 6.29 Å². The van der Waals surface area contributed by atoms with Crippen LogP contribution >= 0.6 is 0 Å². The number of esters is 1. The first-order chi connectivity index (χ1) is 30.7. The number of fused-ring (bicyclic) bond motifs is 7. The summed E-state index contributed by atoms with van der Waals surface area (Å²) in [4.78, 5) is 28.1. The molecule has 0 amide bonds. The number of carbonyl (C=O) groups excluding carboxylic acids is 1. The fraction of sp³-hybridized carbons (Fsp3) is 0.915. The molecule has 0 aromatic carbocycles. The topological polar surface area (TPSA) is 312 Å². The zero-order valence-corrected chi connectivity index (χ0v) is 39.0. The van der Waals surface area contributed by atoms with Gasteiger partial charge in [-0.2, -0.15) is 0 Å². The van der Waals surface area contributed by atoms with Gasteiger partial charge in [-0.15, -0.1) is 0 Å². The molecule has 0 bridgehead atoms. The van der Waals surface area contributed by atoms with Crippen LogP contribution in [-0.2, 0) is 38.0 Å². The van der Waals surface area contributed by atoms with Crippen molar-refractivity contribution in [1.29, 1.82) is 0 Å². The smallest absolute Gasteiger partial charge is 0.315 e. The van der Waals surface area contributed by atoms with Gasteiger partial charge in [0.25, 0.3) is 0 Å². The summed E-state index contributed by atoms with van der Waals surface area (Å²) in [6, 6.07) is 0. The van der Waals surface area contributed by atoms with Crippen molar-refractivity contribution in [2.75, 3.05) is 13.2 Å². The molecule has 11 N–H and O–H groups in total. The van der Waals surface area contributed by atoms with Crippen molar-refractivity contribution < 1.29 is 94.2 Å². The van der Waals surface area contributed by atoms with Crippen molar-refractivity contribution >= 4 is 11.9 Å². The Morgan fingerprint density at radius 3 is 2.02 bits per heavy atom. The Hall–Kier alpha value is -1.92. The van der Waals surface area contributed by atoms with Crippen LogP contribution in [0.5, 0.6) is 0 Å². The Morgan fingerprint density at radius 2 is 1.35 bits per heavy atom. The highest BCUT2D eigenvalue weighted by molar-refractivity contribution is 5.79. The molecule has 4 saturated carbocycles. The van der Waals surface area contributed by atoms with Gasteiger partial charge in [0.1, 0.15) is 54.9 Å². The summed E-state index contributed by atoms with van der Waals surface area (Å²) in [6.07, 6.45) is -18.0. The van der Waals surface area contributed by atoms with Crippen LogP contribution in [0.15, 0.2) is 11.6 Å². The fourth-order valence-electron chi connectivity index (χ4n) is 14.7. The van der Waals surface area contributed by atoms with Crippen LogP contribution in [0.4, 0.5) is 0 Å². The highest BCUT2D eigenvalue weighted by atomic mass is 16.8. The number of aliphatic hydroxyl groups is 10. The maximum atomic E-state index is 15.2. The molecular formula is C47H74O19. The molecule has 0 aromatic heterocycles. The van der Waals surface area contributed by atoms with Crippen molar-refractivity contribution in [3.63, 3.8) is 0 Å². The number of ether oxygens (including phenoxy) is 6. The average Bonchev–Trinajstić information content (AvgIpc) is 3.25. The van der Waals surface area contributed by atoms with E-state index in [0.29, 0.717) is 51.4 Å². The number of hydrogen-bond acceptors (Lipinski definition) is 18. The molecule has 0 spiro atoms. The number of carboxylic acid groups (broad SMARTS) is 1. The Kier molecular flexibility index (Phi) is 13.3. The molecule has 3 aliphatic heterocycles. The van der Waals surface area contributed by atoms with E-state index >= 15 is 4.79 Å². The Labute approximate surface area is 385 Å². The normalized spacial score (nSPS) is 54.7. The van der Waals surface area contributed by atoms with E-state index in [4.69, 9.17) is 28.4 Å². The van der Waals surface area contributed by atoms with Crippen LogP contribution in [0.2, 0.25) is 0 Å². The number of hydrogen-bond donors (Lipinski definition) is 11. The molecule has 24 atom stereocenters. The Morgan fingerprint density at radius 1 is 0.712 bits per heavy atom. The largest absolute Gasteiger partial charge is 0.481 e. The molecule has 66 heavy (non-hydrogen) atoms. The van der Waals surface area contributed by atoms with E-state index in [-0.39, 0.29) is 41.6 Å². The van der Waals surface area contributed by atoms with Gasteiger partial charge in [-0.1, -0.05) is 46.3 Å². The highest BCUT2D eigenvalue weighted by Crippen LogP contribution is 2.76. The van der Waals surface area contributed by atoms with Crippen molar-refractivity contribution in [2.24, 2.45) is 50.2 Å². The summed E-state index contributed by atoms with van der Waals surface area (Å²) in [6.45, 7) is 12.9. The summed E-state index contributed by atoms with van der Waals surface area (Å²) in [5.74, 6) is -2.48. The first kappa shape index (κ1) is 50.5. The van der Waals surface area contributed by atoms with Gasteiger partial charge in [-0.05, 0) is 111 Å². The Balaban J connectivity index is 1.06. The summed E-state index contributed by atoms with van der Waals surface area (Å²) in [5.41, 5.74) is -3.10. The maximum Gasteiger partial charge on any atom is 0.315 e. The molecule has 8 rings (SSSR count). The SMILES string of the molecule is C[C@@H]1O[C@@H](O[C@H]2[C@H](OC(=O)[C@]34CCC(C)(C)C[C@H]3C3=CC[C@@H]5[C@@]6(C)C[C@H](O)[C@H](O)[C@@](C)(C(=O)O)[C@@H]6CC[C@@]5(C)[C@]3(C)CC4)O[C@H](CO)[C@@H](O)[C@@H]2O)[C@H](O)[C@H](O)[C@H]1O[C@H]1OC[C@@H](O)[C@H](O)[C@H]1O. The minimum Gasteiger partial charge on any atom is -0.481 e. The van der Waals surface area contributed by atoms with Crippen molar-refractivity contribution in [2.45, 2.75) is 204 Å². The third kappa shape index (κ3) is 7.56. The second-order valence-corrected chi connectivity index (χ2v) is 22.9. The summed E-state index contributed by atoms with van der Waals surface area (Å²) >= 11 is 0. The first-order valence-electron chi connectivity index (χ1n) is 23.8. The molecule has 19 heteroatoms. The third-order valence-corrected chi connectivity index (χ3v) is 19.0. The van der Waals surface area contributed by atoms with E-state index in [2.05, 4.69) is 40.7 Å². The molecule has 3 saturated heterocycles. The van der Waals surface area contributed by atoms with E-state index < -0.39 is 138 Å². The van der Waals surface area contributed by atoms with Gasteiger partial charge in [0.05, 0.1) is 42.4 Å². The van der Waals surface area contributed by atoms with E-state index in [1.165, 1.54) is 6.92 Å². The van der Waals surface area contributed by atoms with Gasteiger partial charge in [0, 0.05) is 0 Å². The maximum absolute atomic E-state index is 15.2. The standard InChI is InChI=1S/C47H74O19/c1-20-34(64-37-32(55)28(51)24(50)19-61-37)31(54)33(56)38(62-20)65-35-30(53)29(52)25(18-48)63-39(35)66-41(60)47-14-12-42(2,3)16-22(47)21-8-9-26-43(4)17-23(49)36(57)46(7,40(58)59)27(43)10-11-45(26,6)44(21,5)13-15-47/h8,20,22-39,48-57H,9-19H2,1-7H3,(H,58,59)/t20-,22-,23-,24+,25+,26+,27+,28-,29+,30-,31-,32+,33+,34-,35+,36-,37+,38-,39-,43+,44+,45+,46-,47-/m0/s1. The molecule has 8 aliphatic rings. The molecule has 3 heterocycles. The second-order valence-electron chi connectivity index (χ2n) is 22.9. The zero-order valence-electron chi connectivity index (χ0n) is 39.0. The van der Waals surface area contributed by atoms with E-state index in [1.807, 2.05) is 0 Å². The number of carbonyl (C=O) groups is 2. The Bertz CT molecular complexity index is 1860. The number of carboxylic acids is 1. The van der Waals surface area contributed by atoms with Crippen LogP contribution in [-0.4, -0.2) is 180 Å². The lowest BCUT2D eigenvalue weighted by atomic mass is 9.33. The van der Waals surface area contributed by atoms with E-state index in [0.717, 1.165) is 5.57 Å². The average molecular weight is 943 g/mol. The van der Waals surface area contributed by atoms with Crippen molar-refractivity contribution in [3.8, 4) is 0 Å². The lowest BCUT2D eigenvalue weighted by Gasteiger charge is -2.71. The first-order valence-corrected chi connectivity index (χ1v) is 23.8. The number of allylic oxidation sites excluding steroid dienone is 2. The van der Waals surface area contributed by atoms with Crippen LogP contribution < -0.4 is 0 Å². The van der Waals surface area contributed by atoms with E-state index in [9.17, 15) is 61.0 Å². The van der Waals surface area contributed by atoms with Crippen LogP contribution in [0.25, 0.3) is 0 Å². The molecule has 0 aromatic rings. The summed E-state index contributed by atoms with van der Waals surface area (Å²) < 4.78 is 35.3. The van der Waals surface area contributed by atoms with Gasteiger partial charge in [0.15, 0.2) is 18.7 Å². The predicted molar refractivity (Wildman–Crippen MR) is 226 cm³/mol. The molecule has 19 nitrogen and oxygen atoms in total. The second kappa shape index (κ2) is 17.4. The highest BCUT2D eigenvalue weighted by Gasteiger charge is 2.72. The van der Waals surface area contributed by atoms with Gasteiger partial charge in [-0.25, -0.2) is 0 Å². The summed E-state index contributed by atoms with van der Waals surface area (Å²) in [7, 11) is 0. The predicted octanol–water partition coefficient (Wildman–Crippen LogP) is -0.157. The summed E-state index contributed by atoms with van der Waals surface area (Å²) in [5, 5.41) is 119. The molecular weight excluding hydrogens is 868 g/mol. The van der Waals surface area contributed by atoms with Gasteiger partial charge >= 0.3 is 11.9 Å². The van der Waals surface area contributed by atoms with Crippen molar-refractivity contribution in [1.82, 2.24) is 0 Å². The number of aliphatic carboxylic acids is 1. The van der Waals surface area contributed by atoms with Gasteiger partial charge < -0.3 is 84.6 Å². The number of rotatable bonds is 8. The molecule has 376 valence electrons. The quantitative estimate of drug-likeness (QED) is 0.111. The van der Waals surface area contributed by atoms with Crippen molar-refractivity contribution in [3.05, 3.63) is 11.6 Å². The minimum atomic E-state index is -1.89. The third-order valence-electron chi connectivity index (χ3n) is 19.0. The zero-order chi connectivity index (χ0) is 48.4. The van der Waals surface area contributed by atoms with Gasteiger partial charge in [-0.3, -0.25) is 9.59 Å². The monoisotopic (exact) mass is 942 g/mol. The molecule has 0 radical (unpaired) electrons. The molecule has 7 fully saturated rings.